The van der Waals surface area contributed by atoms with Gasteiger partial charge in [0.25, 0.3) is 0 Å². The summed E-state index contributed by atoms with van der Waals surface area (Å²) in [6.07, 6.45) is 0. The molecular weight excluding hydrogens is 268 g/mol. The standard InChI is InChI=1S/C16H18N2OS/c1-11-8-12(16(17)18)6-7-13(11)10-20-15-5-3-4-14(9-15)19-2/h3-9H,10H2,1-2H3,(H3,17,18). The Bertz CT molecular complexity index is 626. The summed E-state index contributed by atoms with van der Waals surface area (Å²) in [6, 6.07) is 13.9. The molecule has 0 aromatic heterocycles. The number of methoxy groups -OCH3 is 1. The molecule has 2 aromatic rings. The molecule has 0 amide bonds. The monoisotopic (exact) mass is 286 g/mol. The molecule has 0 heterocycles. The van der Waals surface area contributed by atoms with Crippen molar-refractivity contribution in [3.8, 4) is 5.75 Å². The van der Waals surface area contributed by atoms with E-state index >= 15 is 0 Å². The number of nitrogens with two attached hydrogens (primary N) is 1. The molecule has 0 unspecified atom stereocenters. The van der Waals surface area contributed by atoms with Crippen LogP contribution in [0, 0.1) is 12.3 Å². The van der Waals surface area contributed by atoms with Crippen molar-refractivity contribution in [3.63, 3.8) is 0 Å². The highest BCUT2D eigenvalue weighted by molar-refractivity contribution is 7.98. The van der Waals surface area contributed by atoms with E-state index in [9.17, 15) is 0 Å². The van der Waals surface area contributed by atoms with Crippen LogP contribution >= 0.6 is 11.8 Å². The molecular formula is C16H18N2OS. The Balaban J connectivity index is 2.08. The van der Waals surface area contributed by atoms with E-state index in [1.165, 1.54) is 10.5 Å². The predicted molar refractivity (Wildman–Crippen MR) is 84.8 cm³/mol. The SMILES string of the molecule is COc1cccc(SCc2ccc(C(=N)N)cc2C)c1. The zero-order chi connectivity index (χ0) is 14.5. The Kier molecular flexibility index (Phi) is 4.69. The van der Waals surface area contributed by atoms with Crippen LogP contribution in [0.4, 0.5) is 0 Å². The number of hydrogen-bond acceptors (Lipinski definition) is 3. The number of benzene rings is 2. The van der Waals surface area contributed by atoms with Crippen molar-refractivity contribution in [2.24, 2.45) is 5.73 Å². The average molecular weight is 286 g/mol. The molecule has 0 saturated carbocycles. The molecule has 0 spiro atoms. The predicted octanol–water partition coefficient (Wildman–Crippen LogP) is 3.58. The van der Waals surface area contributed by atoms with E-state index in [0.29, 0.717) is 0 Å². The summed E-state index contributed by atoms with van der Waals surface area (Å²) in [5.74, 6) is 1.87. The van der Waals surface area contributed by atoms with E-state index in [-0.39, 0.29) is 5.84 Å². The molecule has 3 nitrogen and oxygen atoms in total. The maximum Gasteiger partial charge on any atom is 0.122 e. The van der Waals surface area contributed by atoms with Gasteiger partial charge < -0.3 is 10.5 Å². The van der Waals surface area contributed by atoms with E-state index in [0.717, 1.165) is 22.6 Å². The van der Waals surface area contributed by atoms with Gasteiger partial charge >= 0.3 is 0 Å². The van der Waals surface area contributed by atoms with Crippen molar-refractivity contribution in [3.05, 3.63) is 59.2 Å². The summed E-state index contributed by atoms with van der Waals surface area (Å²) < 4.78 is 5.22. The van der Waals surface area contributed by atoms with Crippen molar-refractivity contribution < 1.29 is 4.74 Å². The lowest BCUT2D eigenvalue weighted by molar-refractivity contribution is 0.413. The van der Waals surface area contributed by atoms with E-state index in [1.807, 2.05) is 43.3 Å². The summed E-state index contributed by atoms with van der Waals surface area (Å²) in [6.45, 7) is 2.05. The molecule has 20 heavy (non-hydrogen) atoms. The largest absolute Gasteiger partial charge is 0.497 e. The zero-order valence-corrected chi connectivity index (χ0v) is 12.5. The normalized spacial score (nSPS) is 10.3. The summed E-state index contributed by atoms with van der Waals surface area (Å²) in [4.78, 5) is 1.18. The van der Waals surface area contributed by atoms with E-state index in [2.05, 4.69) is 6.07 Å². The van der Waals surface area contributed by atoms with Gasteiger partial charge in [-0.25, -0.2) is 0 Å². The van der Waals surface area contributed by atoms with Gasteiger partial charge in [0, 0.05) is 16.2 Å². The number of nitrogens with one attached hydrogen (secondary N) is 1. The molecule has 0 radical (unpaired) electrons. The van der Waals surface area contributed by atoms with Crippen LogP contribution in [0.1, 0.15) is 16.7 Å². The molecule has 0 saturated heterocycles. The van der Waals surface area contributed by atoms with Crippen LogP contribution in [0.15, 0.2) is 47.4 Å². The second-order valence-electron chi connectivity index (χ2n) is 4.52. The Morgan fingerprint density at radius 2 is 2.05 bits per heavy atom. The first kappa shape index (κ1) is 14.5. The average Bonchev–Trinajstić information content (AvgIpc) is 2.46. The Hall–Kier alpha value is -1.94. The highest BCUT2D eigenvalue weighted by atomic mass is 32.2. The smallest absolute Gasteiger partial charge is 0.122 e. The van der Waals surface area contributed by atoms with Crippen LogP contribution in [-0.4, -0.2) is 12.9 Å². The highest BCUT2D eigenvalue weighted by Gasteiger charge is 2.04. The topological polar surface area (TPSA) is 59.1 Å². The Morgan fingerprint density at radius 1 is 1.25 bits per heavy atom. The van der Waals surface area contributed by atoms with Gasteiger partial charge in [-0.1, -0.05) is 18.2 Å². The number of aryl methyl sites for hydroxylation is 1. The molecule has 2 rings (SSSR count). The zero-order valence-electron chi connectivity index (χ0n) is 11.6. The van der Waals surface area contributed by atoms with Crippen molar-refractivity contribution in [2.45, 2.75) is 17.6 Å². The van der Waals surface area contributed by atoms with E-state index in [1.54, 1.807) is 18.9 Å². The summed E-state index contributed by atoms with van der Waals surface area (Å²) in [5, 5.41) is 7.44. The molecule has 0 atom stereocenters. The summed E-state index contributed by atoms with van der Waals surface area (Å²) >= 11 is 1.77. The maximum atomic E-state index is 7.44. The van der Waals surface area contributed by atoms with Crippen molar-refractivity contribution >= 4 is 17.6 Å². The van der Waals surface area contributed by atoms with Crippen molar-refractivity contribution in [2.75, 3.05) is 7.11 Å². The minimum Gasteiger partial charge on any atom is -0.497 e. The lowest BCUT2D eigenvalue weighted by Crippen LogP contribution is -2.11. The second kappa shape index (κ2) is 6.48. The van der Waals surface area contributed by atoms with Gasteiger partial charge in [-0.05, 0) is 42.3 Å². The quantitative estimate of drug-likeness (QED) is 0.502. The first-order chi connectivity index (χ1) is 9.60. The molecule has 3 N–H and O–H groups in total. The van der Waals surface area contributed by atoms with Crippen LogP contribution in [0.25, 0.3) is 0 Å². The number of rotatable bonds is 5. The van der Waals surface area contributed by atoms with Gasteiger partial charge in [-0.3, -0.25) is 5.41 Å². The lowest BCUT2D eigenvalue weighted by atomic mass is 10.1. The molecule has 0 bridgehead atoms. The van der Waals surface area contributed by atoms with E-state index in [4.69, 9.17) is 15.9 Å². The third-order valence-electron chi connectivity index (χ3n) is 3.09. The number of ether oxygens (including phenoxy) is 1. The number of amidine groups is 1. The van der Waals surface area contributed by atoms with Crippen LogP contribution in [-0.2, 0) is 5.75 Å². The highest BCUT2D eigenvalue weighted by Crippen LogP contribution is 2.27. The number of hydrogen-bond donors (Lipinski definition) is 2. The fourth-order valence-corrected chi connectivity index (χ4v) is 2.90. The summed E-state index contributed by atoms with van der Waals surface area (Å²) in [7, 11) is 1.68. The molecule has 104 valence electrons. The van der Waals surface area contributed by atoms with Gasteiger partial charge in [0.05, 0.1) is 7.11 Å². The van der Waals surface area contributed by atoms with Gasteiger partial charge in [-0.15, -0.1) is 11.8 Å². The molecule has 0 aliphatic carbocycles. The summed E-state index contributed by atoms with van der Waals surface area (Å²) in [5.41, 5.74) is 8.68. The third kappa shape index (κ3) is 3.54. The fourth-order valence-electron chi connectivity index (χ4n) is 1.88. The molecule has 4 heteroatoms. The molecule has 0 fully saturated rings. The number of thioether (sulfide) groups is 1. The number of nitrogen functional groups attached to an aromatic ring is 1. The van der Waals surface area contributed by atoms with Crippen molar-refractivity contribution in [1.29, 1.82) is 5.41 Å². The minimum atomic E-state index is 0.111. The van der Waals surface area contributed by atoms with Crippen LogP contribution in [0.3, 0.4) is 0 Å². The van der Waals surface area contributed by atoms with Crippen LogP contribution in [0.2, 0.25) is 0 Å². The second-order valence-corrected chi connectivity index (χ2v) is 5.57. The van der Waals surface area contributed by atoms with Gasteiger partial charge in [0.2, 0.25) is 0 Å². The van der Waals surface area contributed by atoms with Crippen LogP contribution in [0.5, 0.6) is 5.75 Å². The first-order valence-electron chi connectivity index (χ1n) is 6.31. The minimum absolute atomic E-state index is 0.111. The lowest BCUT2D eigenvalue weighted by Gasteiger charge is -2.08. The Morgan fingerprint density at radius 3 is 2.70 bits per heavy atom. The van der Waals surface area contributed by atoms with E-state index < -0.39 is 0 Å². The van der Waals surface area contributed by atoms with Gasteiger partial charge in [0.1, 0.15) is 11.6 Å². The first-order valence-corrected chi connectivity index (χ1v) is 7.29. The molecule has 2 aromatic carbocycles. The molecule has 0 aliphatic rings. The van der Waals surface area contributed by atoms with Crippen molar-refractivity contribution in [1.82, 2.24) is 0 Å². The van der Waals surface area contributed by atoms with Gasteiger partial charge in [-0.2, -0.15) is 0 Å². The Labute approximate surface area is 123 Å². The fraction of sp³-hybridized carbons (Fsp3) is 0.188. The molecule has 0 aliphatic heterocycles. The van der Waals surface area contributed by atoms with Crippen LogP contribution < -0.4 is 10.5 Å². The maximum absolute atomic E-state index is 7.44. The third-order valence-corrected chi connectivity index (χ3v) is 4.13. The van der Waals surface area contributed by atoms with Gasteiger partial charge in [0.15, 0.2) is 0 Å².